The van der Waals surface area contributed by atoms with Crippen molar-refractivity contribution in [2.24, 2.45) is 4.99 Å². The van der Waals surface area contributed by atoms with Crippen LogP contribution in [0.1, 0.15) is 5.56 Å². The molecule has 2 aromatic rings. The minimum absolute atomic E-state index is 0.0757. The van der Waals surface area contributed by atoms with E-state index in [0.29, 0.717) is 10.9 Å². The van der Waals surface area contributed by atoms with Gasteiger partial charge in [-0.15, -0.1) is 0 Å². The van der Waals surface area contributed by atoms with Gasteiger partial charge in [-0.2, -0.15) is 4.99 Å². The lowest BCUT2D eigenvalue weighted by atomic mass is 10.1. The van der Waals surface area contributed by atoms with Crippen molar-refractivity contribution in [3.05, 3.63) is 60.2 Å². The second-order valence-corrected chi connectivity index (χ2v) is 10.3. The van der Waals surface area contributed by atoms with E-state index in [-0.39, 0.29) is 29.4 Å². The molecule has 0 bridgehead atoms. The number of carbonyl (C=O) groups excluding carboxylic acids is 1. The molecule has 0 spiro atoms. The van der Waals surface area contributed by atoms with Crippen LogP contribution < -0.4 is 9.64 Å². The molecule has 2 aliphatic heterocycles. The second kappa shape index (κ2) is 7.60. The van der Waals surface area contributed by atoms with Gasteiger partial charge in [0.2, 0.25) is 0 Å². The number of anilines is 1. The van der Waals surface area contributed by atoms with Crippen molar-refractivity contribution in [2.45, 2.75) is 18.2 Å². The van der Waals surface area contributed by atoms with Crippen LogP contribution in [-0.4, -0.2) is 48.9 Å². The van der Waals surface area contributed by atoms with Crippen LogP contribution in [-0.2, 0) is 14.6 Å². The van der Waals surface area contributed by atoms with Crippen molar-refractivity contribution in [3.63, 3.8) is 0 Å². The molecule has 0 saturated carbocycles. The number of hydrogen-bond acceptors (Lipinski definition) is 5. The molecule has 28 heavy (non-hydrogen) atoms. The van der Waals surface area contributed by atoms with E-state index in [4.69, 9.17) is 4.74 Å². The van der Waals surface area contributed by atoms with Crippen molar-refractivity contribution >= 4 is 38.4 Å². The maximum Gasteiger partial charge on any atom is 0.285 e. The van der Waals surface area contributed by atoms with E-state index in [9.17, 15) is 13.2 Å². The Labute approximate surface area is 168 Å². The Kier molecular flexibility index (Phi) is 5.16. The number of para-hydroxylation sites is 1. The fraction of sp³-hybridized carbons (Fsp3) is 0.300. The summed E-state index contributed by atoms with van der Waals surface area (Å²) in [7, 11) is -3.08. The topological polar surface area (TPSA) is 76.0 Å². The highest BCUT2D eigenvalue weighted by atomic mass is 32.2. The number of fused-ring (bicyclic) bond motifs is 1. The molecule has 2 fully saturated rings. The molecule has 8 heteroatoms. The molecule has 146 valence electrons. The van der Waals surface area contributed by atoms with Gasteiger partial charge in [-0.05, 0) is 31.2 Å². The average Bonchev–Trinajstić information content (AvgIpc) is 3.12. The zero-order chi connectivity index (χ0) is 19.7. The van der Waals surface area contributed by atoms with Gasteiger partial charge in [-0.25, -0.2) is 8.42 Å². The number of nitrogens with zero attached hydrogens (tertiary/aromatic N) is 2. The third kappa shape index (κ3) is 4.07. The van der Waals surface area contributed by atoms with E-state index in [2.05, 4.69) is 4.99 Å². The molecular weight excluding hydrogens is 396 g/mol. The number of aryl methyl sites for hydroxylation is 1. The van der Waals surface area contributed by atoms with Gasteiger partial charge in [0, 0.05) is 10.9 Å². The van der Waals surface area contributed by atoms with Crippen LogP contribution in [0.4, 0.5) is 5.69 Å². The summed E-state index contributed by atoms with van der Waals surface area (Å²) in [6.45, 7) is 1.83. The highest BCUT2D eigenvalue weighted by molar-refractivity contribution is 8.16. The van der Waals surface area contributed by atoms with Crippen LogP contribution in [0.25, 0.3) is 0 Å². The van der Waals surface area contributed by atoms with E-state index < -0.39 is 15.7 Å². The SMILES string of the molecule is Cc1ccc(N2C(=NC(=O)COc3ccccc3)S[C@@H]3CS(=O)(=O)C[C@@H]32)cc1. The number of sulfone groups is 1. The van der Waals surface area contributed by atoms with E-state index >= 15 is 0 Å². The molecule has 0 aliphatic carbocycles. The number of rotatable bonds is 4. The predicted molar refractivity (Wildman–Crippen MR) is 112 cm³/mol. The van der Waals surface area contributed by atoms with Crippen LogP contribution >= 0.6 is 11.8 Å². The first-order chi connectivity index (χ1) is 13.4. The van der Waals surface area contributed by atoms with E-state index in [1.165, 1.54) is 11.8 Å². The molecule has 0 unspecified atom stereocenters. The minimum Gasteiger partial charge on any atom is -0.484 e. The van der Waals surface area contributed by atoms with Crippen LogP contribution in [0.15, 0.2) is 59.6 Å². The molecular formula is C20H20N2O4S2. The van der Waals surface area contributed by atoms with Gasteiger partial charge in [-0.3, -0.25) is 4.79 Å². The smallest absolute Gasteiger partial charge is 0.285 e. The first kappa shape index (κ1) is 19.0. The summed E-state index contributed by atoms with van der Waals surface area (Å²) in [4.78, 5) is 18.5. The maximum absolute atomic E-state index is 12.4. The molecule has 0 aromatic heterocycles. The van der Waals surface area contributed by atoms with Crippen LogP contribution in [0.2, 0.25) is 0 Å². The van der Waals surface area contributed by atoms with E-state index in [1.54, 1.807) is 12.1 Å². The minimum atomic E-state index is -3.08. The summed E-state index contributed by atoms with van der Waals surface area (Å²) < 4.78 is 29.7. The monoisotopic (exact) mass is 416 g/mol. The lowest BCUT2D eigenvalue weighted by Crippen LogP contribution is -2.37. The lowest BCUT2D eigenvalue weighted by Gasteiger charge is -2.24. The fourth-order valence-corrected chi connectivity index (χ4v) is 7.30. The number of benzene rings is 2. The number of thioether (sulfide) groups is 1. The van der Waals surface area contributed by atoms with Crippen molar-refractivity contribution in [1.29, 1.82) is 0 Å². The number of ether oxygens (including phenoxy) is 1. The Balaban J connectivity index is 1.56. The molecule has 6 nitrogen and oxygen atoms in total. The molecule has 0 N–H and O–H groups in total. The third-order valence-electron chi connectivity index (χ3n) is 4.70. The molecule has 1 amide bonds. The second-order valence-electron chi connectivity index (χ2n) is 6.90. The largest absolute Gasteiger partial charge is 0.484 e. The van der Waals surface area contributed by atoms with Gasteiger partial charge in [-0.1, -0.05) is 47.7 Å². The zero-order valence-corrected chi connectivity index (χ0v) is 16.9. The van der Waals surface area contributed by atoms with Crippen LogP contribution in [0.3, 0.4) is 0 Å². The van der Waals surface area contributed by atoms with Gasteiger partial charge >= 0.3 is 0 Å². The Morgan fingerprint density at radius 2 is 1.86 bits per heavy atom. The van der Waals surface area contributed by atoms with Gasteiger partial charge < -0.3 is 9.64 Å². The van der Waals surface area contributed by atoms with Crippen molar-refractivity contribution < 1.29 is 17.9 Å². The van der Waals surface area contributed by atoms with Gasteiger partial charge in [0.1, 0.15) is 5.75 Å². The molecule has 2 saturated heterocycles. The molecule has 2 aromatic carbocycles. The number of hydrogen-bond donors (Lipinski definition) is 0. The summed E-state index contributed by atoms with van der Waals surface area (Å²) in [6, 6.07) is 16.7. The Morgan fingerprint density at radius 3 is 2.57 bits per heavy atom. The van der Waals surface area contributed by atoms with Crippen molar-refractivity contribution in [1.82, 2.24) is 0 Å². The highest BCUT2D eigenvalue weighted by Gasteiger charge is 2.49. The normalized spacial score (nSPS) is 24.3. The maximum atomic E-state index is 12.4. The predicted octanol–water partition coefficient (Wildman–Crippen LogP) is 2.68. The Bertz CT molecular complexity index is 1000. The lowest BCUT2D eigenvalue weighted by molar-refractivity contribution is -0.119. The number of carbonyl (C=O) groups is 1. The van der Waals surface area contributed by atoms with Crippen LogP contribution in [0, 0.1) is 6.92 Å². The van der Waals surface area contributed by atoms with Gasteiger partial charge in [0.25, 0.3) is 5.91 Å². The summed E-state index contributed by atoms with van der Waals surface area (Å²) >= 11 is 1.36. The fourth-order valence-electron chi connectivity index (χ4n) is 3.37. The third-order valence-corrected chi connectivity index (χ3v) is 7.91. The zero-order valence-electron chi connectivity index (χ0n) is 15.3. The number of amidine groups is 1. The highest BCUT2D eigenvalue weighted by Crippen LogP contribution is 2.40. The summed E-state index contributed by atoms with van der Waals surface area (Å²) in [6.07, 6.45) is 0. The Morgan fingerprint density at radius 1 is 1.14 bits per heavy atom. The number of amides is 1. The van der Waals surface area contributed by atoms with E-state index in [1.807, 2.05) is 54.3 Å². The average molecular weight is 417 g/mol. The summed E-state index contributed by atoms with van der Waals surface area (Å²) in [5, 5.41) is 0.420. The van der Waals surface area contributed by atoms with Crippen molar-refractivity contribution in [2.75, 3.05) is 23.0 Å². The van der Waals surface area contributed by atoms with Gasteiger partial charge in [0.15, 0.2) is 21.6 Å². The quantitative estimate of drug-likeness (QED) is 0.763. The summed E-state index contributed by atoms with van der Waals surface area (Å²) in [5.74, 6) is 0.393. The molecule has 4 rings (SSSR count). The van der Waals surface area contributed by atoms with E-state index in [0.717, 1.165) is 11.3 Å². The number of aliphatic imine (C=N–C) groups is 1. The van der Waals surface area contributed by atoms with Crippen molar-refractivity contribution in [3.8, 4) is 5.75 Å². The van der Waals surface area contributed by atoms with Crippen LogP contribution in [0.5, 0.6) is 5.75 Å². The van der Waals surface area contributed by atoms with Gasteiger partial charge in [0.05, 0.1) is 17.5 Å². The first-order valence-corrected chi connectivity index (χ1v) is 11.6. The first-order valence-electron chi connectivity index (χ1n) is 8.94. The summed E-state index contributed by atoms with van der Waals surface area (Å²) in [5.41, 5.74) is 1.95. The molecule has 2 atom stereocenters. The molecule has 0 radical (unpaired) electrons. The molecule has 2 aliphatic rings. The Hall–Kier alpha value is -2.32. The standard InChI is InChI=1S/C20H20N2O4S2/c1-14-7-9-15(10-8-14)22-17-12-28(24,25)13-18(17)27-20(22)21-19(23)11-26-16-5-3-2-4-6-16/h2-10,17-18H,11-13H2,1H3/t17-,18+/m0/s1. The molecule has 2 heterocycles.